The van der Waals surface area contributed by atoms with E-state index in [4.69, 9.17) is 16.3 Å². The molecular weight excluding hydrogens is 410 g/mol. The Labute approximate surface area is 159 Å². The number of amides is 1. The Bertz CT molecular complexity index is 739. The largest absolute Gasteiger partial charge is 0.480 e. The summed E-state index contributed by atoms with van der Waals surface area (Å²) in [6.45, 7) is 0.0707. The molecule has 2 N–H and O–H groups in total. The minimum Gasteiger partial charge on any atom is -0.480 e. The highest BCUT2D eigenvalue weighted by Gasteiger charge is 2.21. The molecule has 5 nitrogen and oxygen atoms in total. The van der Waals surface area contributed by atoms with E-state index >= 15 is 0 Å². The van der Waals surface area contributed by atoms with Crippen LogP contribution < -0.4 is 5.32 Å². The molecule has 7 heteroatoms. The van der Waals surface area contributed by atoms with Gasteiger partial charge < -0.3 is 15.2 Å². The number of carbonyl (C=O) groups is 2. The van der Waals surface area contributed by atoms with E-state index in [1.54, 1.807) is 18.2 Å². The minimum absolute atomic E-state index is 0.112. The minimum atomic E-state index is -1.12. The number of rotatable bonds is 8. The summed E-state index contributed by atoms with van der Waals surface area (Å²) < 4.78 is 6.05. The molecule has 0 aliphatic carbocycles. The second-order valence-electron chi connectivity index (χ2n) is 5.38. The van der Waals surface area contributed by atoms with Gasteiger partial charge in [-0.05, 0) is 29.3 Å². The molecular formula is C18H17BrClNO4. The average Bonchev–Trinajstić information content (AvgIpc) is 2.58. The third-order valence-corrected chi connectivity index (χ3v) is 4.42. The van der Waals surface area contributed by atoms with Gasteiger partial charge in [0.2, 0.25) is 5.91 Å². The Morgan fingerprint density at radius 3 is 2.60 bits per heavy atom. The van der Waals surface area contributed by atoms with Crippen LogP contribution in [-0.4, -0.2) is 29.6 Å². The van der Waals surface area contributed by atoms with Crippen molar-refractivity contribution in [2.45, 2.75) is 19.1 Å². The fraction of sp³-hybridized carbons (Fsp3) is 0.222. The van der Waals surface area contributed by atoms with Gasteiger partial charge in [-0.2, -0.15) is 0 Å². The van der Waals surface area contributed by atoms with Gasteiger partial charge in [-0.1, -0.05) is 57.9 Å². The molecule has 2 rings (SSSR count). The van der Waals surface area contributed by atoms with Crippen molar-refractivity contribution in [2.24, 2.45) is 0 Å². The first kappa shape index (κ1) is 19.4. The third kappa shape index (κ3) is 6.49. The lowest BCUT2D eigenvalue weighted by Gasteiger charge is -2.16. The first-order valence-electron chi connectivity index (χ1n) is 7.53. The van der Waals surface area contributed by atoms with Crippen molar-refractivity contribution >= 4 is 39.4 Å². The monoisotopic (exact) mass is 425 g/mol. The summed E-state index contributed by atoms with van der Waals surface area (Å²) >= 11 is 9.29. The first-order chi connectivity index (χ1) is 12.0. The van der Waals surface area contributed by atoms with Crippen LogP contribution in [0.4, 0.5) is 0 Å². The Balaban J connectivity index is 1.88. The number of nitrogens with one attached hydrogen (secondary N) is 1. The molecule has 0 radical (unpaired) electrons. The molecule has 25 heavy (non-hydrogen) atoms. The molecule has 0 aliphatic heterocycles. The highest BCUT2D eigenvalue weighted by atomic mass is 79.9. The number of benzene rings is 2. The number of halogens is 2. The number of aliphatic carboxylic acids is 1. The number of hydrogen-bond donors (Lipinski definition) is 2. The number of carboxylic acids is 1. The van der Waals surface area contributed by atoms with Gasteiger partial charge in [-0.3, -0.25) is 4.79 Å². The molecule has 2 aromatic rings. The van der Waals surface area contributed by atoms with Crippen molar-refractivity contribution < 1.29 is 19.4 Å². The number of hydrogen-bond acceptors (Lipinski definition) is 3. The molecule has 0 saturated heterocycles. The molecule has 0 bridgehead atoms. The molecule has 0 unspecified atom stereocenters. The van der Waals surface area contributed by atoms with Gasteiger partial charge in [0.25, 0.3) is 0 Å². The predicted octanol–water partition coefficient (Wildman–Crippen LogP) is 3.43. The lowest BCUT2D eigenvalue weighted by molar-refractivity contribution is -0.142. The molecule has 0 fully saturated rings. The lowest BCUT2D eigenvalue weighted by Crippen LogP contribution is -2.43. The summed E-state index contributed by atoms with van der Waals surface area (Å²) in [5.74, 6) is -1.61. The number of carbonyl (C=O) groups excluding carboxylic acids is 1. The standard InChI is InChI=1S/C18H17BrClNO4/c19-15-7-6-14(20)8-13(15)9-16(18(23)24)21-17(22)11-25-10-12-4-2-1-3-5-12/h1-8,16H,9-11H2,(H,21,22)(H,23,24)/t16-/m0/s1. The van der Waals surface area contributed by atoms with Crippen molar-refractivity contribution in [3.63, 3.8) is 0 Å². The van der Waals surface area contributed by atoms with E-state index in [1.807, 2.05) is 30.3 Å². The number of ether oxygens (including phenoxy) is 1. The third-order valence-electron chi connectivity index (χ3n) is 3.41. The van der Waals surface area contributed by atoms with Crippen molar-refractivity contribution in [2.75, 3.05) is 6.61 Å². The summed E-state index contributed by atoms with van der Waals surface area (Å²) in [5.41, 5.74) is 1.64. The summed E-state index contributed by atoms with van der Waals surface area (Å²) in [6, 6.07) is 13.4. The molecule has 1 amide bonds. The zero-order chi connectivity index (χ0) is 18.2. The quantitative estimate of drug-likeness (QED) is 0.678. The average molecular weight is 427 g/mol. The van der Waals surface area contributed by atoms with Crippen molar-refractivity contribution in [3.05, 3.63) is 69.2 Å². The SMILES string of the molecule is O=C(COCc1ccccc1)N[C@@H](Cc1cc(Cl)ccc1Br)C(=O)O. The summed E-state index contributed by atoms with van der Waals surface area (Å²) in [7, 11) is 0. The van der Waals surface area contributed by atoms with Crippen LogP contribution in [0.3, 0.4) is 0 Å². The molecule has 1 atom stereocenters. The van der Waals surface area contributed by atoms with Gasteiger partial charge in [0.05, 0.1) is 6.61 Å². The molecule has 0 aromatic heterocycles. The van der Waals surface area contributed by atoms with Crippen LogP contribution in [0.15, 0.2) is 53.0 Å². The van der Waals surface area contributed by atoms with E-state index in [2.05, 4.69) is 21.2 Å². The second kappa shape index (κ2) is 9.56. The molecule has 0 saturated carbocycles. The Kier molecular flexibility index (Phi) is 7.43. The van der Waals surface area contributed by atoms with Gasteiger partial charge in [0, 0.05) is 15.9 Å². The van der Waals surface area contributed by atoms with Gasteiger partial charge in [0.1, 0.15) is 12.6 Å². The van der Waals surface area contributed by atoms with Crippen LogP contribution in [-0.2, 0) is 27.4 Å². The van der Waals surface area contributed by atoms with Crippen molar-refractivity contribution in [1.82, 2.24) is 5.32 Å². The van der Waals surface area contributed by atoms with Gasteiger partial charge >= 0.3 is 5.97 Å². The predicted molar refractivity (Wildman–Crippen MR) is 98.5 cm³/mol. The van der Waals surface area contributed by atoms with E-state index < -0.39 is 17.9 Å². The van der Waals surface area contributed by atoms with E-state index in [1.165, 1.54) is 0 Å². The maximum Gasteiger partial charge on any atom is 0.326 e. The molecule has 2 aromatic carbocycles. The van der Waals surface area contributed by atoms with Crippen LogP contribution >= 0.6 is 27.5 Å². The Morgan fingerprint density at radius 2 is 1.92 bits per heavy atom. The van der Waals surface area contributed by atoms with Crippen LogP contribution in [0.2, 0.25) is 5.02 Å². The van der Waals surface area contributed by atoms with Gasteiger partial charge in [-0.15, -0.1) is 0 Å². The van der Waals surface area contributed by atoms with Gasteiger partial charge in [0.15, 0.2) is 0 Å². The smallest absolute Gasteiger partial charge is 0.326 e. The van der Waals surface area contributed by atoms with Crippen molar-refractivity contribution in [1.29, 1.82) is 0 Å². The van der Waals surface area contributed by atoms with Crippen LogP contribution in [0, 0.1) is 0 Å². The first-order valence-corrected chi connectivity index (χ1v) is 8.70. The highest BCUT2D eigenvalue weighted by Crippen LogP contribution is 2.22. The maximum atomic E-state index is 12.0. The van der Waals surface area contributed by atoms with E-state index in [9.17, 15) is 14.7 Å². The fourth-order valence-electron chi connectivity index (χ4n) is 2.19. The zero-order valence-corrected chi connectivity index (χ0v) is 15.6. The highest BCUT2D eigenvalue weighted by molar-refractivity contribution is 9.10. The van der Waals surface area contributed by atoms with E-state index in [0.717, 1.165) is 10.0 Å². The second-order valence-corrected chi connectivity index (χ2v) is 6.67. The van der Waals surface area contributed by atoms with E-state index in [-0.39, 0.29) is 19.6 Å². The Hall–Kier alpha value is -1.89. The summed E-state index contributed by atoms with van der Waals surface area (Å²) in [6.07, 6.45) is 0.112. The maximum absolute atomic E-state index is 12.0. The zero-order valence-electron chi connectivity index (χ0n) is 13.2. The normalized spacial score (nSPS) is 11.8. The lowest BCUT2D eigenvalue weighted by atomic mass is 10.1. The summed E-state index contributed by atoms with van der Waals surface area (Å²) in [4.78, 5) is 23.4. The van der Waals surface area contributed by atoms with Crippen LogP contribution in [0.5, 0.6) is 0 Å². The topological polar surface area (TPSA) is 75.6 Å². The van der Waals surface area contributed by atoms with Gasteiger partial charge in [-0.25, -0.2) is 4.79 Å². The Morgan fingerprint density at radius 1 is 1.20 bits per heavy atom. The summed E-state index contributed by atoms with van der Waals surface area (Å²) in [5, 5.41) is 12.3. The van der Waals surface area contributed by atoms with Crippen LogP contribution in [0.1, 0.15) is 11.1 Å². The molecule has 0 spiro atoms. The molecule has 132 valence electrons. The van der Waals surface area contributed by atoms with E-state index in [0.29, 0.717) is 10.6 Å². The number of carboxylic acid groups (broad SMARTS) is 1. The molecule has 0 heterocycles. The van der Waals surface area contributed by atoms with Crippen molar-refractivity contribution in [3.8, 4) is 0 Å². The van der Waals surface area contributed by atoms with Crippen LogP contribution in [0.25, 0.3) is 0 Å². The molecule has 0 aliphatic rings. The fourth-order valence-corrected chi connectivity index (χ4v) is 2.79.